The summed E-state index contributed by atoms with van der Waals surface area (Å²) in [5.74, 6) is 0.0227. The van der Waals surface area contributed by atoms with E-state index in [0.29, 0.717) is 12.4 Å². The predicted molar refractivity (Wildman–Crippen MR) is 104 cm³/mol. The number of hydrogen-bond donors (Lipinski definition) is 2. The minimum atomic E-state index is -0.499. The van der Waals surface area contributed by atoms with Crippen LogP contribution in [0, 0.1) is 11.4 Å². The first-order chi connectivity index (χ1) is 13.0. The number of nitrogens with zero attached hydrogens (tertiary/aromatic N) is 3. The summed E-state index contributed by atoms with van der Waals surface area (Å²) in [7, 11) is 0. The van der Waals surface area contributed by atoms with Crippen molar-refractivity contribution >= 4 is 5.82 Å². The van der Waals surface area contributed by atoms with Crippen LogP contribution in [-0.4, -0.2) is 26.7 Å². The van der Waals surface area contributed by atoms with E-state index in [1.165, 1.54) is 17.3 Å². The molecule has 0 amide bonds. The van der Waals surface area contributed by atoms with Crippen LogP contribution in [-0.2, 0) is 19.3 Å². The third-order valence-corrected chi connectivity index (χ3v) is 5.14. The SMILES string of the molecule is CC1(C)CCc2c(-c3cc(F)nc(NCCc4ccccn4)c3)n[nH]c2C1. The van der Waals surface area contributed by atoms with Gasteiger partial charge in [0.15, 0.2) is 0 Å². The number of fused-ring (bicyclic) bond motifs is 1. The molecular weight excluding hydrogens is 341 g/mol. The molecule has 5 nitrogen and oxygen atoms in total. The first-order valence-corrected chi connectivity index (χ1v) is 9.38. The molecule has 0 aliphatic heterocycles. The summed E-state index contributed by atoms with van der Waals surface area (Å²) in [6, 6.07) is 9.16. The van der Waals surface area contributed by atoms with Gasteiger partial charge >= 0.3 is 0 Å². The number of H-pyrrole nitrogens is 1. The summed E-state index contributed by atoms with van der Waals surface area (Å²) < 4.78 is 14.1. The van der Waals surface area contributed by atoms with Gasteiger partial charge in [0.05, 0.1) is 5.69 Å². The second kappa shape index (κ2) is 7.10. The number of halogens is 1. The van der Waals surface area contributed by atoms with Crippen molar-refractivity contribution in [1.29, 1.82) is 0 Å². The molecular formula is C21H24FN5. The molecule has 0 fully saturated rings. The summed E-state index contributed by atoms with van der Waals surface area (Å²) in [6.07, 6.45) is 5.56. The number of pyridine rings is 2. The van der Waals surface area contributed by atoms with Crippen LogP contribution in [0.3, 0.4) is 0 Å². The maximum absolute atomic E-state index is 14.1. The van der Waals surface area contributed by atoms with Crippen molar-refractivity contribution in [2.75, 3.05) is 11.9 Å². The Balaban J connectivity index is 1.52. The standard InChI is InChI=1S/C21H24FN5/c1-21(2)8-6-16-17(13-21)26-27-20(16)14-11-18(22)25-19(12-14)24-10-7-15-5-3-4-9-23-15/h3-5,9,11-12H,6-8,10,13H2,1-2H3,(H,24,25)(H,26,27). The first-order valence-electron chi connectivity index (χ1n) is 9.38. The van der Waals surface area contributed by atoms with Gasteiger partial charge in [0.25, 0.3) is 0 Å². The monoisotopic (exact) mass is 365 g/mol. The topological polar surface area (TPSA) is 66.5 Å². The van der Waals surface area contributed by atoms with E-state index in [9.17, 15) is 4.39 Å². The van der Waals surface area contributed by atoms with Gasteiger partial charge in [-0.15, -0.1) is 0 Å². The number of rotatable bonds is 5. The molecule has 0 spiro atoms. The normalized spacial score (nSPS) is 15.4. The Morgan fingerprint density at radius 2 is 2.15 bits per heavy atom. The predicted octanol–water partition coefficient (Wildman–Crippen LogP) is 4.18. The average Bonchev–Trinajstić information content (AvgIpc) is 3.04. The van der Waals surface area contributed by atoms with Crippen LogP contribution in [0.5, 0.6) is 0 Å². The number of aromatic amines is 1. The molecule has 3 heterocycles. The number of nitrogens with one attached hydrogen (secondary N) is 2. The molecule has 2 N–H and O–H groups in total. The summed E-state index contributed by atoms with van der Waals surface area (Å²) in [5, 5.41) is 10.8. The van der Waals surface area contributed by atoms with Crippen molar-refractivity contribution in [3.63, 3.8) is 0 Å². The largest absolute Gasteiger partial charge is 0.370 e. The lowest BCUT2D eigenvalue weighted by molar-refractivity contribution is 0.312. The molecule has 0 atom stereocenters. The molecule has 0 saturated heterocycles. The lowest BCUT2D eigenvalue weighted by Gasteiger charge is -2.29. The van der Waals surface area contributed by atoms with Gasteiger partial charge in [-0.25, -0.2) is 4.98 Å². The molecule has 0 bridgehead atoms. The molecule has 0 aromatic carbocycles. The highest BCUT2D eigenvalue weighted by atomic mass is 19.1. The van der Waals surface area contributed by atoms with E-state index in [2.05, 4.69) is 39.3 Å². The summed E-state index contributed by atoms with van der Waals surface area (Å²) in [6.45, 7) is 5.18. The molecule has 27 heavy (non-hydrogen) atoms. The van der Waals surface area contributed by atoms with E-state index in [0.717, 1.165) is 42.6 Å². The fourth-order valence-corrected chi connectivity index (χ4v) is 3.67. The number of hydrogen-bond acceptors (Lipinski definition) is 4. The highest BCUT2D eigenvalue weighted by Gasteiger charge is 2.29. The van der Waals surface area contributed by atoms with Crippen molar-refractivity contribution in [1.82, 2.24) is 20.2 Å². The minimum Gasteiger partial charge on any atom is -0.370 e. The Kier molecular flexibility index (Phi) is 4.64. The molecule has 1 aliphatic carbocycles. The van der Waals surface area contributed by atoms with E-state index in [-0.39, 0.29) is 5.41 Å². The van der Waals surface area contributed by atoms with Crippen molar-refractivity contribution < 1.29 is 4.39 Å². The molecule has 4 rings (SSSR count). The van der Waals surface area contributed by atoms with Gasteiger partial charge in [0.2, 0.25) is 5.95 Å². The Hall–Kier alpha value is -2.76. The lowest BCUT2D eigenvalue weighted by atomic mass is 9.76. The smallest absolute Gasteiger partial charge is 0.215 e. The van der Waals surface area contributed by atoms with Gasteiger partial charge in [-0.2, -0.15) is 9.49 Å². The molecule has 1 aliphatic rings. The van der Waals surface area contributed by atoms with E-state index >= 15 is 0 Å². The van der Waals surface area contributed by atoms with Crippen molar-refractivity contribution in [2.24, 2.45) is 5.41 Å². The van der Waals surface area contributed by atoms with Gasteiger partial charge in [0, 0.05) is 47.7 Å². The second-order valence-electron chi connectivity index (χ2n) is 7.93. The highest BCUT2D eigenvalue weighted by Crippen LogP contribution is 2.38. The van der Waals surface area contributed by atoms with Crippen LogP contribution in [0.25, 0.3) is 11.3 Å². The van der Waals surface area contributed by atoms with Gasteiger partial charge < -0.3 is 5.32 Å². The van der Waals surface area contributed by atoms with Crippen LogP contribution in [0.2, 0.25) is 0 Å². The Labute approximate surface area is 158 Å². The van der Waals surface area contributed by atoms with Crippen LogP contribution in [0.1, 0.15) is 37.2 Å². The van der Waals surface area contributed by atoms with Gasteiger partial charge in [-0.05, 0) is 42.9 Å². The van der Waals surface area contributed by atoms with E-state index in [4.69, 9.17) is 0 Å². The lowest BCUT2D eigenvalue weighted by Crippen LogP contribution is -2.21. The maximum Gasteiger partial charge on any atom is 0.215 e. The molecule has 3 aromatic rings. The summed E-state index contributed by atoms with van der Waals surface area (Å²) in [5.41, 5.74) is 5.25. The third kappa shape index (κ3) is 3.99. The molecule has 140 valence electrons. The Morgan fingerprint density at radius 1 is 1.26 bits per heavy atom. The van der Waals surface area contributed by atoms with Crippen molar-refractivity contribution in [2.45, 2.75) is 39.5 Å². The van der Waals surface area contributed by atoms with Crippen LogP contribution in [0.15, 0.2) is 36.5 Å². The molecule has 3 aromatic heterocycles. The fourth-order valence-electron chi connectivity index (χ4n) is 3.67. The minimum absolute atomic E-state index is 0.276. The number of anilines is 1. The van der Waals surface area contributed by atoms with E-state index in [1.807, 2.05) is 24.3 Å². The zero-order valence-corrected chi connectivity index (χ0v) is 15.7. The maximum atomic E-state index is 14.1. The van der Waals surface area contributed by atoms with E-state index < -0.39 is 5.95 Å². The fraction of sp³-hybridized carbons (Fsp3) is 0.381. The second-order valence-corrected chi connectivity index (χ2v) is 7.93. The zero-order chi connectivity index (χ0) is 18.9. The summed E-state index contributed by atoms with van der Waals surface area (Å²) >= 11 is 0. The quantitative estimate of drug-likeness (QED) is 0.666. The van der Waals surface area contributed by atoms with Gasteiger partial charge in [-0.1, -0.05) is 19.9 Å². The molecule has 0 unspecified atom stereocenters. The molecule has 6 heteroatoms. The zero-order valence-electron chi connectivity index (χ0n) is 15.7. The molecule has 0 saturated carbocycles. The molecule has 0 radical (unpaired) electrons. The van der Waals surface area contributed by atoms with Crippen LogP contribution >= 0.6 is 0 Å². The third-order valence-electron chi connectivity index (χ3n) is 5.14. The van der Waals surface area contributed by atoms with Gasteiger partial charge in [0.1, 0.15) is 5.82 Å². The average molecular weight is 365 g/mol. The number of aromatic nitrogens is 4. The van der Waals surface area contributed by atoms with Crippen LogP contribution < -0.4 is 5.32 Å². The Bertz CT molecular complexity index is 933. The van der Waals surface area contributed by atoms with Crippen molar-refractivity contribution in [3.05, 3.63) is 59.4 Å². The first kappa shape index (κ1) is 17.6. The van der Waals surface area contributed by atoms with Gasteiger partial charge in [-0.3, -0.25) is 10.1 Å². The highest BCUT2D eigenvalue weighted by molar-refractivity contribution is 5.67. The van der Waals surface area contributed by atoms with Crippen LogP contribution in [0.4, 0.5) is 10.2 Å². The summed E-state index contributed by atoms with van der Waals surface area (Å²) in [4.78, 5) is 8.27. The van der Waals surface area contributed by atoms with E-state index in [1.54, 1.807) is 6.20 Å². The van der Waals surface area contributed by atoms with Crippen molar-refractivity contribution in [3.8, 4) is 11.3 Å². The Morgan fingerprint density at radius 3 is 2.96 bits per heavy atom.